The molecule has 0 saturated heterocycles. The van der Waals surface area contributed by atoms with E-state index in [1.165, 1.54) is 6.07 Å². The number of hydrogen-bond donors (Lipinski definition) is 3. The summed E-state index contributed by atoms with van der Waals surface area (Å²) in [6, 6.07) is 11.3. The van der Waals surface area contributed by atoms with E-state index in [1.54, 1.807) is 18.2 Å². The highest BCUT2D eigenvalue weighted by atomic mass is 35.5. The highest BCUT2D eigenvalue weighted by Gasteiger charge is 2.23. The monoisotopic (exact) mass is 408 g/mol. The molecule has 1 amide bonds. The number of nitrogens with two attached hydrogens (primary N) is 1. The van der Waals surface area contributed by atoms with E-state index in [0.29, 0.717) is 11.1 Å². The summed E-state index contributed by atoms with van der Waals surface area (Å²) in [5.41, 5.74) is 8.35. The molecule has 0 spiro atoms. The number of nitrogens with one attached hydrogen (secondary N) is 1. The van der Waals surface area contributed by atoms with E-state index in [4.69, 9.17) is 5.73 Å². The van der Waals surface area contributed by atoms with Gasteiger partial charge in [-0.2, -0.15) is 0 Å². The molecule has 0 fully saturated rings. The van der Waals surface area contributed by atoms with Crippen LogP contribution in [0.5, 0.6) is 0 Å². The Morgan fingerprint density at radius 2 is 1.71 bits per heavy atom. The Bertz CT molecular complexity index is 805. The first-order valence-corrected chi connectivity index (χ1v) is 9.16. The Hall–Kier alpha value is -1.95. The van der Waals surface area contributed by atoms with E-state index >= 15 is 0 Å². The Labute approximate surface area is 172 Å². The van der Waals surface area contributed by atoms with Gasteiger partial charge in [0.25, 0.3) is 5.91 Å². The van der Waals surface area contributed by atoms with E-state index in [9.17, 15) is 14.3 Å². The lowest BCUT2D eigenvalue weighted by Gasteiger charge is -2.24. The summed E-state index contributed by atoms with van der Waals surface area (Å²) in [7, 11) is 0. The number of amides is 1. The molecule has 0 aliphatic rings. The number of carbonyl (C=O) groups is 1. The minimum atomic E-state index is -0.896. The van der Waals surface area contributed by atoms with E-state index in [-0.39, 0.29) is 42.5 Å². The van der Waals surface area contributed by atoms with Crippen molar-refractivity contribution in [1.82, 2.24) is 5.32 Å². The number of aliphatic hydroxyl groups is 1. The highest BCUT2D eigenvalue weighted by molar-refractivity contribution is 5.97. The van der Waals surface area contributed by atoms with Crippen molar-refractivity contribution >= 4 is 18.3 Å². The smallest absolute Gasteiger partial charge is 0.252 e. The van der Waals surface area contributed by atoms with Gasteiger partial charge in [0.1, 0.15) is 5.82 Å². The summed E-state index contributed by atoms with van der Waals surface area (Å²) in [6.45, 7) is 7.62. The lowest BCUT2D eigenvalue weighted by molar-refractivity contribution is 0.0916. The van der Waals surface area contributed by atoms with Gasteiger partial charge in [0, 0.05) is 23.6 Å². The molecule has 0 aromatic heterocycles. The molecule has 2 unspecified atom stereocenters. The average Bonchev–Trinajstić information content (AvgIpc) is 2.55. The molecule has 2 aromatic carbocycles. The fraction of sp³-hybridized carbons (Fsp3) is 0.409. The van der Waals surface area contributed by atoms with E-state index in [2.05, 4.69) is 5.32 Å². The van der Waals surface area contributed by atoms with Crippen molar-refractivity contribution in [2.75, 3.05) is 0 Å². The first-order chi connectivity index (χ1) is 12.6. The first kappa shape index (κ1) is 24.1. The van der Waals surface area contributed by atoms with Gasteiger partial charge in [0.2, 0.25) is 0 Å². The first-order valence-electron chi connectivity index (χ1n) is 9.16. The third-order valence-electron chi connectivity index (χ3n) is 4.41. The van der Waals surface area contributed by atoms with Crippen molar-refractivity contribution in [2.45, 2.75) is 58.2 Å². The maximum Gasteiger partial charge on any atom is 0.252 e. The Morgan fingerprint density at radius 1 is 1.11 bits per heavy atom. The Morgan fingerprint density at radius 3 is 2.32 bits per heavy atom. The van der Waals surface area contributed by atoms with Crippen molar-refractivity contribution in [3.63, 3.8) is 0 Å². The summed E-state index contributed by atoms with van der Waals surface area (Å²) < 4.78 is 13.8. The van der Waals surface area contributed by atoms with Crippen molar-refractivity contribution in [3.05, 3.63) is 70.5 Å². The summed E-state index contributed by atoms with van der Waals surface area (Å²) in [5.74, 6) is -0.508. The molecular formula is C22H30ClFN2O2. The van der Waals surface area contributed by atoms with Crippen molar-refractivity contribution in [1.29, 1.82) is 0 Å². The molecule has 154 valence electrons. The summed E-state index contributed by atoms with van der Waals surface area (Å²) in [4.78, 5) is 12.7. The van der Waals surface area contributed by atoms with Crippen LogP contribution in [0.1, 0.15) is 47.8 Å². The molecule has 0 saturated carbocycles. The Balaban J connectivity index is 0.00000392. The number of aryl methyl sites for hydroxylation is 1. The van der Waals surface area contributed by atoms with Crippen LogP contribution < -0.4 is 11.1 Å². The van der Waals surface area contributed by atoms with Crippen LogP contribution in [0.25, 0.3) is 0 Å². The molecule has 2 rings (SSSR count). The van der Waals surface area contributed by atoms with Gasteiger partial charge in [-0.25, -0.2) is 4.39 Å². The van der Waals surface area contributed by atoms with Gasteiger partial charge in [-0.1, -0.05) is 36.4 Å². The van der Waals surface area contributed by atoms with Gasteiger partial charge < -0.3 is 16.2 Å². The lowest BCUT2D eigenvalue weighted by atomic mass is 9.92. The van der Waals surface area contributed by atoms with Gasteiger partial charge in [0.05, 0.1) is 6.10 Å². The third-order valence-corrected chi connectivity index (χ3v) is 4.41. The fourth-order valence-corrected chi connectivity index (χ4v) is 3.06. The number of hydrogen-bond acceptors (Lipinski definition) is 3. The fourth-order valence-electron chi connectivity index (χ4n) is 3.06. The second-order valence-corrected chi connectivity index (χ2v) is 8.04. The van der Waals surface area contributed by atoms with Crippen molar-refractivity contribution in [2.24, 2.45) is 5.73 Å². The zero-order valence-electron chi connectivity index (χ0n) is 16.8. The lowest BCUT2D eigenvalue weighted by Crippen LogP contribution is -2.42. The van der Waals surface area contributed by atoms with E-state index < -0.39 is 12.1 Å². The average molecular weight is 409 g/mol. The van der Waals surface area contributed by atoms with Crippen LogP contribution in [0, 0.1) is 12.7 Å². The largest absolute Gasteiger partial charge is 0.391 e. The maximum absolute atomic E-state index is 13.8. The number of rotatable bonds is 6. The van der Waals surface area contributed by atoms with Crippen molar-refractivity contribution < 1.29 is 14.3 Å². The van der Waals surface area contributed by atoms with Crippen molar-refractivity contribution in [3.8, 4) is 0 Å². The third kappa shape index (κ3) is 6.59. The van der Waals surface area contributed by atoms with Crippen LogP contribution >= 0.6 is 12.4 Å². The second kappa shape index (κ2) is 10.0. The van der Waals surface area contributed by atoms with Crippen LogP contribution in [0.4, 0.5) is 4.39 Å². The number of carbonyl (C=O) groups excluding carboxylic acids is 1. The summed E-state index contributed by atoms with van der Waals surface area (Å²) in [6.07, 6.45) is -0.444. The second-order valence-electron chi connectivity index (χ2n) is 8.04. The van der Waals surface area contributed by atoms with Gasteiger partial charge in [-0.3, -0.25) is 4.79 Å². The minimum Gasteiger partial charge on any atom is -0.391 e. The molecule has 6 heteroatoms. The molecule has 28 heavy (non-hydrogen) atoms. The SMILES string of the molecule is Cc1cccc(CC(O)C(N)Cc2ccccc2F)c1C(=O)NC(C)(C)C.Cl. The predicted molar refractivity (Wildman–Crippen MR) is 113 cm³/mol. The predicted octanol–water partition coefficient (Wildman–Crippen LogP) is 3.56. The molecule has 0 bridgehead atoms. The number of halogens is 2. The molecule has 2 aromatic rings. The highest BCUT2D eigenvalue weighted by Crippen LogP contribution is 2.19. The topological polar surface area (TPSA) is 75.3 Å². The zero-order chi connectivity index (χ0) is 20.2. The molecule has 0 aliphatic heterocycles. The van der Waals surface area contributed by atoms with Gasteiger partial charge in [-0.15, -0.1) is 12.4 Å². The molecular weight excluding hydrogens is 379 g/mol. The summed E-state index contributed by atoms with van der Waals surface area (Å²) in [5, 5.41) is 13.5. The quantitative estimate of drug-likeness (QED) is 0.684. The molecule has 4 N–H and O–H groups in total. The van der Waals surface area contributed by atoms with Crippen LogP contribution in [0.15, 0.2) is 42.5 Å². The van der Waals surface area contributed by atoms with Crippen LogP contribution in [-0.4, -0.2) is 28.7 Å². The molecule has 0 heterocycles. The van der Waals surface area contributed by atoms with E-state index in [1.807, 2.05) is 45.9 Å². The Kier molecular flexibility index (Phi) is 8.61. The molecule has 0 aliphatic carbocycles. The summed E-state index contributed by atoms with van der Waals surface area (Å²) >= 11 is 0. The van der Waals surface area contributed by atoms with Crippen LogP contribution in [0.2, 0.25) is 0 Å². The molecule has 2 atom stereocenters. The van der Waals surface area contributed by atoms with E-state index in [0.717, 1.165) is 11.1 Å². The van der Waals surface area contributed by atoms with Gasteiger partial charge in [0.15, 0.2) is 0 Å². The van der Waals surface area contributed by atoms with Crippen LogP contribution in [0.3, 0.4) is 0 Å². The van der Waals surface area contributed by atoms with Gasteiger partial charge in [-0.05, 0) is 56.9 Å². The molecule has 0 radical (unpaired) electrons. The molecule has 4 nitrogen and oxygen atoms in total. The normalized spacial score (nSPS) is 13.4. The maximum atomic E-state index is 13.8. The minimum absolute atomic E-state index is 0. The van der Waals surface area contributed by atoms with Gasteiger partial charge >= 0.3 is 0 Å². The standard InChI is InChI=1S/C22H29FN2O2.ClH/c1-14-8-7-10-16(20(14)21(27)25-22(2,3)4)13-19(26)18(24)12-15-9-5-6-11-17(15)23;/h5-11,18-19,26H,12-13,24H2,1-4H3,(H,25,27);1H. The number of aliphatic hydroxyl groups excluding tert-OH is 1. The van der Waals surface area contributed by atoms with Crippen LogP contribution in [-0.2, 0) is 12.8 Å². The zero-order valence-corrected chi connectivity index (χ0v) is 17.6. The number of benzene rings is 2.